The van der Waals surface area contributed by atoms with Crippen LogP contribution in [0.1, 0.15) is 38.3 Å². The molecule has 3 heteroatoms. The molecule has 0 bridgehead atoms. The molecule has 0 spiro atoms. The quantitative estimate of drug-likeness (QED) is 0.876. The molecular weight excluding hydrogens is 230 g/mol. The summed E-state index contributed by atoms with van der Waals surface area (Å²) in [6.45, 7) is 7.21. The van der Waals surface area contributed by atoms with Crippen molar-refractivity contribution in [3.8, 4) is 0 Å². The molecule has 1 atom stereocenters. The molecule has 0 aliphatic heterocycles. The van der Waals surface area contributed by atoms with Gasteiger partial charge in [-0.05, 0) is 29.5 Å². The van der Waals surface area contributed by atoms with Gasteiger partial charge in [-0.1, -0.05) is 45.0 Å². The summed E-state index contributed by atoms with van der Waals surface area (Å²) in [5.74, 6) is 1.35. The summed E-state index contributed by atoms with van der Waals surface area (Å²) in [7, 11) is -0.779. The third-order valence-electron chi connectivity index (χ3n) is 2.72. The van der Waals surface area contributed by atoms with Crippen molar-refractivity contribution in [2.45, 2.75) is 38.4 Å². The van der Waals surface area contributed by atoms with Crippen LogP contribution in [0.4, 0.5) is 0 Å². The van der Waals surface area contributed by atoms with Gasteiger partial charge < -0.3 is 5.73 Å². The Morgan fingerprint density at radius 1 is 1.18 bits per heavy atom. The summed E-state index contributed by atoms with van der Waals surface area (Å²) < 4.78 is 11.7. The molecule has 0 radical (unpaired) electrons. The number of rotatable bonds is 5. The molecular formula is C14H23NOS. The summed E-state index contributed by atoms with van der Waals surface area (Å²) in [6, 6.07) is 8.44. The van der Waals surface area contributed by atoms with Gasteiger partial charge in [-0.3, -0.25) is 4.21 Å². The average Bonchev–Trinajstić information content (AvgIpc) is 2.26. The van der Waals surface area contributed by atoms with Gasteiger partial charge in [-0.2, -0.15) is 0 Å². The maximum absolute atomic E-state index is 11.7. The highest BCUT2D eigenvalue weighted by Crippen LogP contribution is 2.22. The minimum absolute atomic E-state index is 0.178. The lowest BCUT2D eigenvalue weighted by atomic mass is 9.87. The minimum atomic E-state index is -0.779. The van der Waals surface area contributed by atoms with Crippen LogP contribution >= 0.6 is 0 Å². The Labute approximate surface area is 107 Å². The average molecular weight is 253 g/mol. The second-order valence-electron chi connectivity index (χ2n) is 5.38. The van der Waals surface area contributed by atoms with Crippen molar-refractivity contribution in [1.82, 2.24) is 0 Å². The van der Waals surface area contributed by atoms with Gasteiger partial charge >= 0.3 is 0 Å². The Morgan fingerprint density at radius 3 is 2.24 bits per heavy atom. The SMILES string of the molecule is CC(C)(C)c1ccc(CS(=O)CCCN)cc1. The van der Waals surface area contributed by atoms with Crippen LogP contribution in [0.15, 0.2) is 24.3 Å². The molecule has 1 rings (SSSR count). The number of nitrogens with two attached hydrogens (primary N) is 1. The predicted octanol–water partition coefficient (Wildman–Crippen LogP) is 2.58. The highest BCUT2D eigenvalue weighted by molar-refractivity contribution is 7.84. The molecule has 1 aromatic rings. The van der Waals surface area contributed by atoms with E-state index in [2.05, 4.69) is 45.0 Å². The highest BCUT2D eigenvalue weighted by Gasteiger charge is 2.13. The maximum atomic E-state index is 11.7. The fourth-order valence-corrected chi connectivity index (χ4v) is 2.80. The molecule has 2 N–H and O–H groups in total. The van der Waals surface area contributed by atoms with Crippen molar-refractivity contribution in [3.05, 3.63) is 35.4 Å². The Hall–Kier alpha value is -0.670. The lowest BCUT2D eigenvalue weighted by Gasteiger charge is -2.19. The van der Waals surface area contributed by atoms with E-state index in [1.165, 1.54) is 5.56 Å². The highest BCUT2D eigenvalue weighted by atomic mass is 32.2. The molecule has 0 amide bonds. The molecule has 0 aliphatic rings. The van der Waals surface area contributed by atoms with Gasteiger partial charge in [0.25, 0.3) is 0 Å². The smallest absolute Gasteiger partial charge is 0.0485 e. The van der Waals surface area contributed by atoms with E-state index in [9.17, 15) is 4.21 Å². The van der Waals surface area contributed by atoms with E-state index in [-0.39, 0.29) is 5.41 Å². The third kappa shape index (κ3) is 5.00. The summed E-state index contributed by atoms with van der Waals surface area (Å²) in [6.07, 6.45) is 0.840. The maximum Gasteiger partial charge on any atom is 0.0485 e. The fourth-order valence-electron chi connectivity index (χ4n) is 1.60. The van der Waals surface area contributed by atoms with E-state index < -0.39 is 10.8 Å². The van der Waals surface area contributed by atoms with Crippen LogP contribution in [0.25, 0.3) is 0 Å². The molecule has 0 saturated heterocycles. The van der Waals surface area contributed by atoms with Crippen LogP contribution in [-0.4, -0.2) is 16.5 Å². The van der Waals surface area contributed by atoms with Crippen molar-refractivity contribution in [1.29, 1.82) is 0 Å². The largest absolute Gasteiger partial charge is 0.330 e. The molecule has 0 aliphatic carbocycles. The summed E-state index contributed by atoms with van der Waals surface area (Å²) >= 11 is 0. The van der Waals surface area contributed by atoms with Crippen LogP contribution in [-0.2, 0) is 22.0 Å². The lowest BCUT2D eigenvalue weighted by Crippen LogP contribution is -2.11. The Morgan fingerprint density at radius 2 is 1.76 bits per heavy atom. The topological polar surface area (TPSA) is 43.1 Å². The van der Waals surface area contributed by atoms with E-state index in [1.54, 1.807) is 0 Å². The standard InChI is InChI=1S/C14H23NOS/c1-14(2,3)13-7-5-12(6-8-13)11-17(16)10-4-9-15/h5-8H,4,9-11,15H2,1-3H3. The van der Waals surface area contributed by atoms with Gasteiger partial charge in [0, 0.05) is 22.3 Å². The van der Waals surface area contributed by atoms with E-state index in [0.29, 0.717) is 18.1 Å². The third-order valence-corrected chi connectivity index (χ3v) is 4.12. The molecule has 96 valence electrons. The zero-order valence-corrected chi connectivity index (χ0v) is 11.8. The zero-order valence-electron chi connectivity index (χ0n) is 11.0. The van der Waals surface area contributed by atoms with Crippen LogP contribution in [0.2, 0.25) is 0 Å². The van der Waals surface area contributed by atoms with Gasteiger partial charge in [0.05, 0.1) is 0 Å². The molecule has 17 heavy (non-hydrogen) atoms. The Bertz CT molecular complexity index is 365. The van der Waals surface area contributed by atoms with E-state index >= 15 is 0 Å². The first-order chi connectivity index (χ1) is 7.93. The summed E-state index contributed by atoms with van der Waals surface area (Å²) in [5.41, 5.74) is 8.04. The van der Waals surface area contributed by atoms with Crippen LogP contribution in [0, 0.1) is 0 Å². The van der Waals surface area contributed by atoms with E-state index in [1.807, 2.05) is 0 Å². The molecule has 0 saturated carbocycles. The Balaban J connectivity index is 2.60. The van der Waals surface area contributed by atoms with E-state index in [0.717, 1.165) is 12.0 Å². The summed E-state index contributed by atoms with van der Waals surface area (Å²) in [5, 5.41) is 0. The fraction of sp³-hybridized carbons (Fsp3) is 0.571. The second kappa shape index (κ2) is 6.31. The van der Waals surface area contributed by atoms with Crippen LogP contribution in [0.3, 0.4) is 0 Å². The van der Waals surface area contributed by atoms with Crippen LogP contribution in [0.5, 0.6) is 0 Å². The van der Waals surface area contributed by atoms with Crippen molar-refractivity contribution in [3.63, 3.8) is 0 Å². The van der Waals surface area contributed by atoms with E-state index in [4.69, 9.17) is 5.73 Å². The normalized spacial score (nSPS) is 13.6. The summed E-state index contributed by atoms with van der Waals surface area (Å²) in [4.78, 5) is 0. The van der Waals surface area contributed by atoms with Crippen molar-refractivity contribution in [2.24, 2.45) is 5.73 Å². The molecule has 2 nitrogen and oxygen atoms in total. The molecule has 1 aromatic carbocycles. The molecule has 1 unspecified atom stereocenters. The minimum Gasteiger partial charge on any atom is -0.330 e. The molecule has 0 fully saturated rings. The van der Waals surface area contributed by atoms with Crippen molar-refractivity contribution in [2.75, 3.05) is 12.3 Å². The lowest BCUT2D eigenvalue weighted by molar-refractivity contribution is 0.590. The monoisotopic (exact) mass is 253 g/mol. The first-order valence-corrected chi connectivity index (χ1v) is 7.57. The number of hydrogen-bond acceptors (Lipinski definition) is 2. The van der Waals surface area contributed by atoms with Crippen molar-refractivity contribution < 1.29 is 4.21 Å². The molecule has 0 aromatic heterocycles. The van der Waals surface area contributed by atoms with Gasteiger partial charge in [0.15, 0.2) is 0 Å². The van der Waals surface area contributed by atoms with Crippen molar-refractivity contribution >= 4 is 10.8 Å². The van der Waals surface area contributed by atoms with Gasteiger partial charge in [-0.15, -0.1) is 0 Å². The first-order valence-electron chi connectivity index (χ1n) is 6.08. The van der Waals surface area contributed by atoms with Crippen LogP contribution < -0.4 is 5.73 Å². The number of benzene rings is 1. The second-order valence-corrected chi connectivity index (χ2v) is 6.95. The van der Waals surface area contributed by atoms with Gasteiger partial charge in [0.2, 0.25) is 0 Å². The molecule has 0 heterocycles. The Kier molecular flexibility index (Phi) is 5.34. The van der Waals surface area contributed by atoms with Gasteiger partial charge in [-0.25, -0.2) is 0 Å². The zero-order chi connectivity index (χ0) is 12.9. The van der Waals surface area contributed by atoms with Gasteiger partial charge in [0.1, 0.15) is 0 Å². The number of hydrogen-bond donors (Lipinski definition) is 1. The first kappa shape index (κ1) is 14.4. The predicted molar refractivity (Wildman–Crippen MR) is 75.5 cm³/mol.